The van der Waals surface area contributed by atoms with Gasteiger partial charge in [0.05, 0.1) is 6.20 Å². The zero-order chi connectivity index (χ0) is 8.72. The molecular weight excluding hydrogens is 243 g/mol. The molecule has 0 unspecified atom stereocenters. The molecule has 0 radical (unpaired) electrons. The Labute approximate surface area is 81.5 Å². The lowest BCUT2D eigenvalue weighted by atomic mass is 10.7. The van der Waals surface area contributed by atoms with Gasteiger partial charge < -0.3 is 5.73 Å². The zero-order valence-electron chi connectivity index (χ0n) is 5.83. The lowest BCUT2D eigenvalue weighted by molar-refractivity contribution is 1.11. The molecule has 0 amide bonds. The molecule has 2 N–H and O–H groups in total. The highest BCUT2D eigenvalue weighted by atomic mass is 79.9. The van der Waals surface area contributed by atoms with E-state index >= 15 is 0 Å². The van der Waals surface area contributed by atoms with Crippen molar-refractivity contribution in [3.8, 4) is 0 Å². The monoisotopic (exact) mass is 246 g/mol. The van der Waals surface area contributed by atoms with Crippen LogP contribution in [0.2, 0.25) is 5.15 Å². The molecule has 2 aromatic rings. The van der Waals surface area contributed by atoms with Crippen LogP contribution >= 0.6 is 27.5 Å². The third-order valence-electron chi connectivity index (χ3n) is 1.45. The first-order valence-electron chi connectivity index (χ1n) is 3.13. The van der Waals surface area contributed by atoms with Crippen LogP contribution in [0, 0.1) is 0 Å². The van der Waals surface area contributed by atoms with E-state index in [4.69, 9.17) is 17.3 Å². The van der Waals surface area contributed by atoms with Gasteiger partial charge in [-0.15, -0.1) is 0 Å². The van der Waals surface area contributed by atoms with E-state index in [0.29, 0.717) is 21.2 Å². The van der Waals surface area contributed by atoms with Crippen LogP contribution in [0.1, 0.15) is 0 Å². The third kappa shape index (κ3) is 1.05. The van der Waals surface area contributed by atoms with Crippen LogP contribution < -0.4 is 5.73 Å². The molecule has 0 fully saturated rings. The maximum Gasteiger partial charge on any atom is 0.176 e. The van der Waals surface area contributed by atoms with Crippen molar-refractivity contribution in [2.24, 2.45) is 0 Å². The smallest absolute Gasteiger partial charge is 0.176 e. The van der Waals surface area contributed by atoms with Crippen molar-refractivity contribution in [3.63, 3.8) is 0 Å². The Morgan fingerprint density at radius 2 is 2.33 bits per heavy atom. The normalized spacial score (nSPS) is 10.8. The van der Waals surface area contributed by atoms with Crippen LogP contribution in [-0.4, -0.2) is 14.4 Å². The number of fused-ring (bicyclic) bond motifs is 1. The van der Waals surface area contributed by atoms with E-state index in [0.717, 1.165) is 0 Å². The summed E-state index contributed by atoms with van der Waals surface area (Å²) in [6.07, 6.45) is 3.25. The fourth-order valence-corrected chi connectivity index (χ4v) is 1.66. The van der Waals surface area contributed by atoms with Gasteiger partial charge in [0.2, 0.25) is 0 Å². The van der Waals surface area contributed by atoms with Gasteiger partial charge in [0.15, 0.2) is 10.8 Å². The van der Waals surface area contributed by atoms with Gasteiger partial charge in [0, 0.05) is 6.20 Å². The van der Waals surface area contributed by atoms with Crippen LogP contribution in [0.4, 0.5) is 5.82 Å². The van der Waals surface area contributed by atoms with Gasteiger partial charge in [-0.1, -0.05) is 11.6 Å². The summed E-state index contributed by atoms with van der Waals surface area (Å²) in [5.74, 6) is 0.537. The minimum absolute atomic E-state index is 0.334. The number of halogens is 2. The molecule has 0 saturated heterocycles. The maximum atomic E-state index is 5.80. The van der Waals surface area contributed by atoms with Crippen LogP contribution in [0.3, 0.4) is 0 Å². The Morgan fingerprint density at radius 1 is 1.58 bits per heavy atom. The van der Waals surface area contributed by atoms with E-state index in [-0.39, 0.29) is 0 Å². The minimum atomic E-state index is 0.334. The SMILES string of the molecule is Nc1cnc2c(Cl)nc(Br)cn12. The predicted molar refractivity (Wildman–Crippen MR) is 50.1 cm³/mol. The highest BCUT2D eigenvalue weighted by Crippen LogP contribution is 2.19. The number of hydrogen-bond donors (Lipinski definition) is 1. The van der Waals surface area contributed by atoms with Gasteiger partial charge in [0.1, 0.15) is 10.4 Å². The number of anilines is 1. The standard InChI is InChI=1S/C6H4BrClN4/c7-3-2-12-4(9)1-10-6(12)5(8)11-3/h1-2H,9H2. The van der Waals surface area contributed by atoms with Crippen LogP contribution in [0.25, 0.3) is 5.65 Å². The quantitative estimate of drug-likeness (QED) is 0.771. The molecule has 0 bridgehead atoms. The number of rotatable bonds is 0. The predicted octanol–water partition coefficient (Wildman–Crippen LogP) is 1.73. The van der Waals surface area contributed by atoms with Gasteiger partial charge in [-0.25, -0.2) is 9.97 Å². The molecule has 2 aromatic heterocycles. The molecule has 0 saturated carbocycles. The van der Waals surface area contributed by atoms with Gasteiger partial charge in [-0.2, -0.15) is 0 Å². The molecule has 0 atom stereocenters. The molecule has 6 heteroatoms. The first-order chi connectivity index (χ1) is 5.68. The molecule has 62 valence electrons. The topological polar surface area (TPSA) is 56.2 Å². The molecule has 0 aliphatic carbocycles. The van der Waals surface area contributed by atoms with Gasteiger partial charge in [-0.05, 0) is 15.9 Å². The number of imidazole rings is 1. The van der Waals surface area contributed by atoms with Crippen molar-refractivity contribution >= 4 is 39.0 Å². The number of aromatic nitrogens is 3. The average molecular weight is 247 g/mol. The highest BCUT2D eigenvalue weighted by Gasteiger charge is 2.05. The van der Waals surface area contributed by atoms with Crippen molar-refractivity contribution in [2.45, 2.75) is 0 Å². The second-order valence-electron chi connectivity index (χ2n) is 2.23. The Kier molecular flexibility index (Phi) is 1.69. The number of nitrogens with zero attached hydrogens (tertiary/aromatic N) is 3. The van der Waals surface area contributed by atoms with E-state index in [9.17, 15) is 0 Å². The first kappa shape index (κ1) is 7.82. The van der Waals surface area contributed by atoms with Crippen LogP contribution in [0.5, 0.6) is 0 Å². The van der Waals surface area contributed by atoms with Crippen molar-refractivity contribution in [1.29, 1.82) is 0 Å². The Hall–Kier alpha value is -0.810. The van der Waals surface area contributed by atoms with E-state index in [2.05, 4.69) is 25.9 Å². The maximum absolute atomic E-state index is 5.80. The fourth-order valence-electron chi connectivity index (χ4n) is 0.941. The van der Waals surface area contributed by atoms with E-state index in [1.54, 1.807) is 10.6 Å². The summed E-state index contributed by atoms with van der Waals surface area (Å²) >= 11 is 9.00. The Balaban J connectivity index is 2.92. The fraction of sp³-hybridized carbons (Fsp3) is 0. The van der Waals surface area contributed by atoms with Gasteiger partial charge in [-0.3, -0.25) is 4.40 Å². The zero-order valence-corrected chi connectivity index (χ0v) is 8.17. The Bertz CT molecular complexity index is 438. The van der Waals surface area contributed by atoms with Crippen molar-refractivity contribution in [3.05, 3.63) is 22.1 Å². The molecular formula is C6H4BrClN4. The first-order valence-corrected chi connectivity index (χ1v) is 4.30. The molecule has 4 nitrogen and oxygen atoms in total. The third-order valence-corrected chi connectivity index (χ3v) is 2.09. The second-order valence-corrected chi connectivity index (χ2v) is 3.40. The number of nitrogens with two attached hydrogens (primary N) is 1. The van der Waals surface area contributed by atoms with Gasteiger partial charge in [0.25, 0.3) is 0 Å². The molecule has 0 aliphatic heterocycles. The second kappa shape index (κ2) is 2.60. The minimum Gasteiger partial charge on any atom is -0.383 e. The lowest BCUT2D eigenvalue weighted by Crippen LogP contribution is -1.94. The largest absolute Gasteiger partial charge is 0.383 e. The van der Waals surface area contributed by atoms with E-state index in [1.165, 1.54) is 6.20 Å². The number of hydrogen-bond acceptors (Lipinski definition) is 3. The molecule has 0 aliphatic rings. The average Bonchev–Trinajstić information content (AvgIpc) is 2.33. The Morgan fingerprint density at radius 3 is 3.08 bits per heavy atom. The summed E-state index contributed by atoms with van der Waals surface area (Å²) in [7, 11) is 0. The summed E-state index contributed by atoms with van der Waals surface area (Å²) in [5, 5.41) is 0.334. The molecule has 12 heavy (non-hydrogen) atoms. The van der Waals surface area contributed by atoms with Gasteiger partial charge >= 0.3 is 0 Å². The number of nitrogen functional groups attached to an aromatic ring is 1. The molecule has 2 rings (SSSR count). The van der Waals surface area contributed by atoms with Crippen LogP contribution in [0.15, 0.2) is 17.0 Å². The summed E-state index contributed by atoms with van der Waals surface area (Å²) in [5.41, 5.74) is 6.17. The molecule has 0 spiro atoms. The lowest BCUT2D eigenvalue weighted by Gasteiger charge is -1.97. The summed E-state index contributed by atoms with van der Waals surface area (Å²) in [6, 6.07) is 0. The van der Waals surface area contributed by atoms with Crippen molar-refractivity contribution in [2.75, 3.05) is 5.73 Å². The van der Waals surface area contributed by atoms with E-state index in [1.807, 2.05) is 0 Å². The van der Waals surface area contributed by atoms with Crippen LogP contribution in [-0.2, 0) is 0 Å². The summed E-state index contributed by atoms with van der Waals surface area (Å²) in [6.45, 7) is 0. The summed E-state index contributed by atoms with van der Waals surface area (Å²) in [4.78, 5) is 7.94. The molecule has 0 aromatic carbocycles. The van der Waals surface area contributed by atoms with Crippen molar-refractivity contribution in [1.82, 2.24) is 14.4 Å². The van der Waals surface area contributed by atoms with Crippen molar-refractivity contribution < 1.29 is 0 Å². The highest BCUT2D eigenvalue weighted by molar-refractivity contribution is 9.10. The molecule has 2 heterocycles. The van der Waals surface area contributed by atoms with E-state index < -0.39 is 0 Å². The summed E-state index contributed by atoms with van der Waals surface area (Å²) < 4.78 is 2.30.